The molecule has 1 N–H and O–H groups in total. The molecule has 0 amide bonds. The van der Waals surface area contributed by atoms with Crippen LogP contribution in [0.5, 0.6) is 0 Å². The summed E-state index contributed by atoms with van der Waals surface area (Å²) in [5, 5.41) is 3.37. The second-order valence-corrected chi connectivity index (χ2v) is 6.09. The van der Waals surface area contributed by atoms with Gasteiger partial charge in [-0.3, -0.25) is 4.90 Å². The highest BCUT2D eigenvalue weighted by atomic mass is 15.2. The highest BCUT2D eigenvalue weighted by Crippen LogP contribution is 2.38. The zero-order valence-corrected chi connectivity index (χ0v) is 11.9. The fourth-order valence-corrected chi connectivity index (χ4v) is 3.61. The van der Waals surface area contributed by atoms with Crippen LogP contribution in [0.15, 0.2) is 18.2 Å². The normalized spacial score (nSPS) is 26.6. The van der Waals surface area contributed by atoms with E-state index in [4.69, 9.17) is 4.98 Å². The highest BCUT2D eigenvalue weighted by molar-refractivity contribution is 5.35. The van der Waals surface area contributed by atoms with E-state index in [2.05, 4.69) is 35.3 Å². The molecular weight excluding hydrogens is 234 g/mol. The number of anilines is 1. The number of fused-ring (bicyclic) bond motifs is 1. The van der Waals surface area contributed by atoms with Gasteiger partial charge in [-0.2, -0.15) is 0 Å². The molecule has 3 rings (SSSR count). The minimum absolute atomic E-state index is 0.974. The Labute approximate surface area is 116 Å². The Morgan fingerprint density at radius 1 is 1.26 bits per heavy atom. The Balaban J connectivity index is 1.57. The third kappa shape index (κ3) is 3.08. The summed E-state index contributed by atoms with van der Waals surface area (Å²) in [7, 11) is 0. The molecule has 0 spiro atoms. The van der Waals surface area contributed by atoms with Crippen LogP contribution in [0.3, 0.4) is 0 Å². The molecule has 2 fully saturated rings. The SMILES string of the molecule is CCCNc1cccc(CN2CC3CCCC3C2)n1. The predicted molar refractivity (Wildman–Crippen MR) is 79.1 cm³/mol. The summed E-state index contributed by atoms with van der Waals surface area (Å²) >= 11 is 0. The lowest BCUT2D eigenvalue weighted by Gasteiger charge is -2.16. The molecule has 1 saturated heterocycles. The number of aromatic nitrogens is 1. The van der Waals surface area contributed by atoms with Gasteiger partial charge in [0, 0.05) is 26.2 Å². The second-order valence-electron chi connectivity index (χ2n) is 6.09. The van der Waals surface area contributed by atoms with E-state index < -0.39 is 0 Å². The second kappa shape index (κ2) is 5.91. The van der Waals surface area contributed by atoms with Gasteiger partial charge >= 0.3 is 0 Å². The van der Waals surface area contributed by atoms with Gasteiger partial charge in [-0.05, 0) is 43.2 Å². The molecule has 0 bridgehead atoms. The maximum atomic E-state index is 4.71. The average molecular weight is 259 g/mol. The van der Waals surface area contributed by atoms with Crippen molar-refractivity contribution in [3.63, 3.8) is 0 Å². The summed E-state index contributed by atoms with van der Waals surface area (Å²) in [6.45, 7) is 6.79. The lowest BCUT2D eigenvalue weighted by Crippen LogP contribution is -2.21. The smallest absolute Gasteiger partial charge is 0.126 e. The topological polar surface area (TPSA) is 28.2 Å². The number of nitrogens with zero attached hydrogens (tertiary/aromatic N) is 2. The van der Waals surface area contributed by atoms with Gasteiger partial charge < -0.3 is 5.32 Å². The summed E-state index contributed by atoms with van der Waals surface area (Å²) < 4.78 is 0. The Kier molecular flexibility index (Phi) is 4.02. The summed E-state index contributed by atoms with van der Waals surface area (Å²) in [5.74, 6) is 2.97. The quantitative estimate of drug-likeness (QED) is 0.880. The van der Waals surface area contributed by atoms with Gasteiger partial charge in [0.05, 0.1) is 5.69 Å². The Morgan fingerprint density at radius 3 is 2.79 bits per heavy atom. The van der Waals surface area contributed by atoms with Gasteiger partial charge in [0.1, 0.15) is 5.82 Å². The Bertz CT molecular complexity index is 406. The molecule has 0 aromatic carbocycles. The first-order valence-electron chi connectivity index (χ1n) is 7.77. The van der Waals surface area contributed by atoms with Crippen LogP contribution in [0.4, 0.5) is 5.82 Å². The number of hydrogen-bond acceptors (Lipinski definition) is 3. The maximum Gasteiger partial charge on any atom is 0.126 e. The van der Waals surface area contributed by atoms with Crippen LogP contribution in [0.2, 0.25) is 0 Å². The lowest BCUT2D eigenvalue weighted by molar-refractivity contribution is 0.300. The van der Waals surface area contributed by atoms with Crippen molar-refractivity contribution in [3.05, 3.63) is 23.9 Å². The van der Waals surface area contributed by atoms with Crippen LogP contribution in [0.1, 0.15) is 38.3 Å². The third-order valence-electron chi connectivity index (χ3n) is 4.55. The van der Waals surface area contributed by atoms with Crippen molar-refractivity contribution in [3.8, 4) is 0 Å². The number of pyridine rings is 1. The van der Waals surface area contributed by atoms with E-state index in [9.17, 15) is 0 Å². The first-order valence-corrected chi connectivity index (χ1v) is 7.77. The molecule has 1 aliphatic carbocycles. The largest absolute Gasteiger partial charge is 0.370 e. The first-order chi connectivity index (χ1) is 9.35. The molecular formula is C16H25N3. The van der Waals surface area contributed by atoms with Crippen molar-refractivity contribution >= 4 is 5.82 Å². The third-order valence-corrected chi connectivity index (χ3v) is 4.55. The molecule has 2 atom stereocenters. The summed E-state index contributed by atoms with van der Waals surface area (Å²) in [6, 6.07) is 6.35. The molecule has 2 aliphatic rings. The van der Waals surface area contributed by atoms with Crippen molar-refractivity contribution in [1.82, 2.24) is 9.88 Å². The fraction of sp³-hybridized carbons (Fsp3) is 0.688. The molecule has 19 heavy (non-hydrogen) atoms. The molecule has 1 saturated carbocycles. The van der Waals surface area contributed by atoms with Crippen LogP contribution in [0.25, 0.3) is 0 Å². The van der Waals surface area contributed by atoms with Crippen molar-refractivity contribution in [1.29, 1.82) is 0 Å². The molecule has 0 radical (unpaired) electrons. The van der Waals surface area contributed by atoms with Crippen LogP contribution in [-0.4, -0.2) is 29.5 Å². The van der Waals surface area contributed by atoms with E-state index >= 15 is 0 Å². The van der Waals surface area contributed by atoms with Crippen LogP contribution >= 0.6 is 0 Å². The maximum absolute atomic E-state index is 4.71. The monoisotopic (exact) mass is 259 g/mol. The van der Waals surface area contributed by atoms with Crippen molar-refractivity contribution in [2.24, 2.45) is 11.8 Å². The standard InChI is InChI=1S/C16H25N3/c1-2-9-17-16-8-4-7-15(18-16)12-19-10-13-5-3-6-14(13)11-19/h4,7-8,13-14H,2-3,5-6,9-12H2,1H3,(H,17,18). The van der Waals surface area contributed by atoms with Gasteiger partial charge in [0.15, 0.2) is 0 Å². The average Bonchev–Trinajstić information content (AvgIpc) is 2.97. The van der Waals surface area contributed by atoms with Crippen molar-refractivity contribution in [2.75, 3.05) is 25.0 Å². The number of hydrogen-bond donors (Lipinski definition) is 1. The van der Waals surface area contributed by atoms with Crippen molar-refractivity contribution in [2.45, 2.75) is 39.2 Å². The van der Waals surface area contributed by atoms with Crippen molar-refractivity contribution < 1.29 is 0 Å². The molecule has 2 heterocycles. The first kappa shape index (κ1) is 12.9. The molecule has 104 valence electrons. The van der Waals surface area contributed by atoms with Gasteiger partial charge in [0.25, 0.3) is 0 Å². The number of likely N-dealkylation sites (tertiary alicyclic amines) is 1. The van der Waals surface area contributed by atoms with E-state index in [1.807, 2.05) is 0 Å². The molecule has 3 heteroatoms. The zero-order chi connectivity index (χ0) is 13.1. The van der Waals surface area contributed by atoms with Crippen LogP contribution in [-0.2, 0) is 6.54 Å². The van der Waals surface area contributed by atoms with Gasteiger partial charge in [-0.1, -0.05) is 19.4 Å². The number of nitrogens with one attached hydrogen (secondary N) is 1. The molecule has 1 aliphatic heterocycles. The minimum Gasteiger partial charge on any atom is -0.370 e. The van der Waals surface area contributed by atoms with E-state index in [-0.39, 0.29) is 0 Å². The van der Waals surface area contributed by atoms with Gasteiger partial charge in [-0.15, -0.1) is 0 Å². The fourth-order valence-electron chi connectivity index (χ4n) is 3.61. The molecule has 1 aromatic heterocycles. The lowest BCUT2D eigenvalue weighted by atomic mass is 10.0. The van der Waals surface area contributed by atoms with E-state index in [0.29, 0.717) is 0 Å². The summed E-state index contributed by atoms with van der Waals surface area (Å²) in [4.78, 5) is 7.31. The van der Waals surface area contributed by atoms with Gasteiger partial charge in [-0.25, -0.2) is 4.98 Å². The number of rotatable bonds is 5. The highest BCUT2D eigenvalue weighted by Gasteiger charge is 2.35. The molecule has 3 nitrogen and oxygen atoms in total. The summed E-state index contributed by atoms with van der Waals surface area (Å²) in [6.07, 6.45) is 5.50. The van der Waals surface area contributed by atoms with E-state index in [1.165, 1.54) is 38.0 Å². The van der Waals surface area contributed by atoms with Crippen LogP contribution in [0, 0.1) is 11.8 Å². The van der Waals surface area contributed by atoms with E-state index in [0.717, 1.165) is 37.2 Å². The molecule has 2 unspecified atom stereocenters. The minimum atomic E-state index is 0.974. The van der Waals surface area contributed by atoms with Gasteiger partial charge in [0.2, 0.25) is 0 Å². The summed E-state index contributed by atoms with van der Waals surface area (Å²) in [5.41, 5.74) is 1.21. The predicted octanol–water partition coefficient (Wildman–Crippen LogP) is 3.14. The molecule has 1 aromatic rings. The van der Waals surface area contributed by atoms with E-state index in [1.54, 1.807) is 0 Å². The zero-order valence-electron chi connectivity index (χ0n) is 11.9. The Hall–Kier alpha value is -1.09. The Morgan fingerprint density at radius 2 is 2.05 bits per heavy atom. The van der Waals surface area contributed by atoms with Crippen LogP contribution < -0.4 is 5.32 Å².